The van der Waals surface area contributed by atoms with Gasteiger partial charge in [0.05, 0.1) is 0 Å². The zero-order valence-corrected chi connectivity index (χ0v) is 13.8. The van der Waals surface area contributed by atoms with Gasteiger partial charge in [-0.15, -0.1) is 0 Å². The Labute approximate surface area is 132 Å². The molecular formula is Na3O4PV+5. The molecule has 0 N–H and O–H groups in total. The summed E-state index contributed by atoms with van der Waals surface area (Å²) in [5, 5.41) is 0. The summed E-state index contributed by atoms with van der Waals surface area (Å²) in [6.07, 6.45) is 0. The summed E-state index contributed by atoms with van der Waals surface area (Å²) in [5.41, 5.74) is 0. The Morgan fingerprint density at radius 2 is 0.889 bits per heavy atom. The molecule has 0 aliphatic heterocycles. The van der Waals surface area contributed by atoms with E-state index in [-0.39, 0.29) is 107 Å². The van der Waals surface area contributed by atoms with E-state index in [1.54, 1.807) is 0 Å². The monoisotopic (exact) mass is 215 g/mol. The average Bonchev–Trinajstić information content (AvgIpc) is 0.722. The van der Waals surface area contributed by atoms with Crippen molar-refractivity contribution in [3.05, 3.63) is 0 Å². The molecule has 0 unspecified atom stereocenters. The van der Waals surface area contributed by atoms with Crippen LogP contribution in [0.25, 0.3) is 0 Å². The van der Waals surface area contributed by atoms with E-state index in [4.69, 9.17) is 19.2 Å². The summed E-state index contributed by atoms with van der Waals surface area (Å²) in [5.74, 6) is 0. The summed E-state index contributed by atoms with van der Waals surface area (Å²) in [6.45, 7) is 0. The summed E-state index contributed by atoms with van der Waals surface area (Å²) in [7, 11) is -5.39. The molecule has 9 heteroatoms. The molecule has 0 spiro atoms. The van der Waals surface area contributed by atoms with Gasteiger partial charge in [0.25, 0.3) is 0 Å². The SMILES string of the molecule is O=P([O-])([O-])[O-].[Na+].[Na+].[Na+].[V+5]. The van der Waals surface area contributed by atoms with Gasteiger partial charge < -0.3 is 19.2 Å². The van der Waals surface area contributed by atoms with Crippen LogP contribution in [-0.4, -0.2) is 0 Å². The number of hydrogen-bond acceptors (Lipinski definition) is 4. The fraction of sp³-hybridized carbons (Fsp3) is 0. The van der Waals surface area contributed by atoms with Crippen LogP contribution in [0, 0.1) is 0 Å². The Morgan fingerprint density at radius 3 is 0.889 bits per heavy atom. The molecule has 32 valence electrons. The smallest absolute Gasteiger partial charge is 0.822 e. The maximum atomic E-state index is 8.55. The zero-order chi connectivity index (χ0) is 4.50. The van der Waals surface area contributed by atoms with Crippen LogP contribution in [0.3, 0.4) is 0 Å². The molecule has 0 rings (SSSR count). The standard InChI is InChI=1S/3Na.H3O4P.V/c;;;1-5(2,3)4;/h;;;(H3,1,2,3,4);/q3*+1;;+5/p-3. The Kier molecular flexibility index (Phi) is 46.4. The van der Waals surface area contributed by atoms with Gasteiger partial charge >= 0.3 is 107 Å². The minimum Gasteiger partial charge on any atom is -0.822 e. The van der Waals surface area contributed by atoms with Crippen LogP contribution in [0.5, 0.6) is 0 Å². The second-order valence-electron chi connectivity index (χ2n) is 0.447. The van der Waals surface area contributed by atoms with Gasteiger partial charge in [-0.1, -0.05) is 0 Å². The first-order valence-electron chi connectivity index (χ1n) is 0.730. The molecule has 0 atom stereocenters. The summed E-state index contributed by atoms with van der Waals surface area (Å²) < 4.78 is 8.55. The molecule has 0 aromatic rings. The third kappa shape index (κ3) is 80.5. The number of phosphoric acid groups is 1. The Balaban J connectivity index is -0.0000000133. The third-order valence-corrected chi connectivity index (χ3v) is 0. The number of rotatable bonds is 0. The molecule has 4 nitrogen and oxygen atoms in total. The van der Waals surface area contributed by atoms with Crippen molar-refractivity contribution >= 4 is 7.82 Å². The van der Waals surface area contributed by atoms with Gasteiger partial charge in [-0.05, 0) is 0 Å². The quantitative estimate of drug-likeness (QED) is 0.296. The van der Waals surface area contributed by atoms with E-state index in [2.05, 4.69) is 0 Å². The van der Waals surface area contributed by atoms with Gasteiger partial charge in [0.1, 0.15) is 0 Å². The summed E-state index contributed by atoms with van der Waals surface area (Å²) >= 11 is 0. The Hall–Kier alpha value is 3.69. The van der Waals surface area contributed by atoms with E-state index in [0.717, 1.165) is 0 Å². The minimum absolute atomic E-state index is 0. The molecule has 9 heavy (non-hydrogen) atoms. The van der Waals surface area contributed by atoms with E-state index in [9.17, 15) is 0 Å². The van der Waals surface area contributed by atoms with E-state index in [0.29, 0.717) is 0 Å². The largest absolute Gasteiger partial charge is 5.00 e. The molecule has 0 saturated carbocycles. The van der Waals surface area contributed by atoms with Crippen LogP contribution < -0.4 is 103 Å². The minimum atomic E-state index is -5.39. The van der Waals surface area contributed by atoms with Gasteiger partial charge in [0.15, 0.2) is 0 Å². The average molecular weight is 215 g/mol. The molecule has 0 aromatic heterocycles. The molecule has 0 aliphatic rings. The van der Waals surface area contributed by atoms with Crippen molar-refractivity contribution in [1.82, 2.24) is 0 Å². The van der Waals surface area contributed by atoms with Crippen LogP contribution in [0.4, 0.5) is 0 Å². The first-order chi connectivity index (χ1) is 2.00. The predicted molar refractivity (Wildman–Crippen MR) is 7.61 cm³/mol. The molecule has 0 amide bonds. The van der Waals surface area contributed by atoms with E-state index >= 15 is 0 Å². The van der Waals surface area contributed by atoms with Crippen LogP contribution >= 0.6 is 7.82 Å². The van der Waals surface area contributed by atoms with Crippen molar-refractivity contribution in [1.29, 1.82) is 0 Å². The maximum absolute atomic E-state index is 8.55. The molecule has 0 saturated heterocycles. The zero-order valence-electron chi connectivity index (χ0n) is 5.53. The fourth-order valence-corrected chi connectivity index (χ4v) is 0. The van der Waals surface area contributed by atoms with E-state index in [1.807, 2.05) is 0 Å². The topological polar surface area (TPSA) is 86.2 Å². The van der Waals surface area contributed by atoms with E-state index in [1.165, 1.54) is 0 Å². The first-order valence-corrected chi connectivity index (χ1v) is 2.19. The second-order valence-corrected chi connectivity index (χ2v) is 1.34. The summed E-state index contributed by atoms with van der Waals surface area (Å²) in [4.78, 5) is 25.6. The molecule has 0 bridgehead atoms. The third-order valence-electron chi connectivity index (χ3n) is 0. The molecular weight excluding hydrogens is 215 g/mol. The van der Waals surface area contributed by atoms with Gasteiger partial charge in [-0.2, -0.15) is 7.82 Å². The van der Waals surface area contributed by atoms with Crippen molar-refractivity contribution in [2.45, 2.75) is 0 Å². The predicted octanol–water partition coefficient (Wildman–Crippen LogP) is -11.8. The van der Waals surface area contributed by atoms with Crippen LogP contribution in [-0.2, 0) is 23.1 Å². The number of hydrogen-bond donors (Lipinski definition) is 0. The fourth-order valence-electron chi connectivity index (χ4n) is 0. The molecule has 0 aromatic carbocycles. The van der Waals surface area contributed by atoms with Crippen molar-refractivity contribution in [3.8, 4) is 0 Å². The first kappa shape index (κ1) is 29.3. The van der Waals surface area contributed by atoms with Crippen molar-refractivity contribution in [2.24, 2.45) is 0 Å². The van der Waals surface area contributed by atoms with Crippen LogP contribution in [0.2, 0.25) is 0 Å². The second kappa shape index (κ2) is 14.2. The Morgan fingerprint density at radius 1 is 0.889 bits per heavy atom. The van der Waals surface area contributed by atoms with Gasteiger partial charge in [-0.25, -0.2) is 0 Å². The van der Waals surface area contributed by atoms with E-state index < -0.39 is 7.82 Å². The van der Waals surface area contributed by atoms with Gasteiger partial charge in [0, 0.05) is 0 Å². The van der Waals surface area contributed by atoms with Crippen LogP contribution in [0.15, 0.2) is 0 Å². The molecule has 0 heterocycles. The maximum Gasteiger partial charge on any atom is 5.00 e. The molecule has 0 aliphatic carbocycles. The molecule has 0 radical (unpaired) electrons. The van der Waals surface area contributed by atoms with Crippen molar-refractivity contribution < 1.29 is 126 Å². The molecule has 0 fully saturated rings. The van der Waals surface area contributed by atoms with Gasteiger partial charge in [-0.3, -0.25) is 0 Å². The Bertz CT molecular complexity index is 61.9. The summed E-state index contributed by atoms with van der Waals surface area (Å²) in [6, 6.07) is 0. The normalized spacial score (nSPS) is 6.56. The van der Waals surface area contributed by atoms with Crippen molar-refractivity contribution in [3.63, 3.8) is 0 Å². The van der Waals surface area contributed by atoms with Crippen molar-refractivity contribution in [2.75, 3.05) is 0 Å². The van der Waals surface area contributed by atoms with Gasteiger partial charge in [0.2, 0.25) is 0 Å². The van der Waals surface area contributed by atoms with Crippen LogP contribution in [0.1, 0.15) is 0 Å².